The number of ether oxygens (including phenoxy) is 1. The van der Waals surface area contributed by atoms with Crippen molar-refractivity contribution in [3.05, 3.63) is 35.4 Å². The third-order valence-electron chi connectivity index (χ3n) is 2.87. The lowest BCUT2D eigenvalue weighted by molar-refractivity contribution is -0.0170. The first-order chi connectivity index (χ1) is 8.63. The molecule has 1 amide bonds. The number of carbonyl (C=O) groups excluding carboxylic acids is 1. The summed E-state index contributed by atoms with van der Waals surface area (Å²) >= 11 is 0. The molecule has 0 aromatic heterocycles. The quantitative estimate of drug-likeness (QED) is 0.850. The Morgan fingerprint density at radius 2 is 2.11 bits per heavy atom. The molecule has 2 N–H and O–H groups in total. The largest absolute Gasteiger partial charge is 0.373 e. The monoisotopic (exact) mass is 256 g/mol. The fraction of sp³-hybridized carbons (Fsp3) is 0.417. The molecule has 98 valence electrons. The van der Waals surface area contributed by atoms with Crippen molar-refractivity contribution in [2.75, 3.05) is 26.2 Å². The predicted molar refractivity (Wildman–Crippen MR) is 61.1 cm³/mol. The molecule has 1 fully saturated rings. The first-order valence-corrected chi connectivity index (χ1v) is 5.68. The zero-order valence-corrected chi connectivity index (χ0v) is 9.73. The third kappa shape index (κ3) is 2.49. The number of morpholine rings is 1. The van der Waals surface area contributed by atoms with E-state index in [9.17, 15) is 13.6 Å². The summed E-state index contributed by atoms with van der Waals surface area (Å²) in [5.41, 5.74) is 4.93. The molecule has 1 aliphatic rings. The molecule has 1 atom stereocenters. The highest BCUT2D eigenvalue weighted by Crippen LogP contribution is 2.16. The van der Waals surface area contributed by atoms with Crippen molar-refractivity contribution in [3.63, 3.8) is 0 Å². The molecule has 4 nitrogen and oxygen atoms in total. The highest BCUT2D eigenvalue weighted by molar-refractivity contribution is 5.94. The van der Waals surface area contributed by atoms with E-state index < -0.39 is 23.1 Å². The second-order valence-electron chi connectivity index (χ2n) is 4.08. The van der Waals surface area contributed by atoms with Crippen molar-refractivity contribution in [3.8, 4) is 0 Å². The van der Waals surface area contributed by atoms with Gasteiger partial charge in [0.05, 0.1) is 12.7 Å². The van der Waals surface area contributed by atoms with Gasteiger partial charge in [-0.3, -0.25) is 4.79 Å². The number of hydrogen-bond donors (Lipinski definition) is 1. The lowest BCUT2D eigenvalue weighted by atomic mass is 10.1. The maximum Gasteiger partial charge on any atom is 0.259 e. The molecule has 1 aromatic carbocycles. The van der Waals surface area contributed by atoms with Crippen LogP contribution in [-0.4, -0.2) is 43.2 Å². The fourth-order valence-electron chi connectivity index (χ4n) is 1.91. The van der Waals surface area contributed by atoms with Gasteiger partial charge in [-0.05, 0) is 12.1 Å². The summed E-state index contributed by atoms with van der Waals surface area (Å²) in [5.74, 6) is -2.36. The van der Waals surface area contributed by atoms with Crippen molar-refractivity contribution in [2.45, 2.75) is 6.10 Å². The summed E-state index contributed by atoms with van der Waals surface area (Å²) in [6.45, 7) is 1.15. The van der Waals surface area contributed by atoms with Crippen LogP contribution in [0.3, 0.4) is 0 Å². The van der Waals surface area contributed by atoms with Gasteiger partial charge in [0.15, 0.2) is 0 Å². The maximum atomic E-state index is 13.5. The third-order valence-corrected chi connectivity index (χ3v) is 2.87. The van der Waals surface area contributed by atoms with E-state index in [0.29, 0.717) is 13.2 Å². The van der Waals surface area contributed by atoms with Crippen molar-refractivity contribution in [1.29, 1.82) is 0 Å². The summed E-state index contributed by atoms with van der Waals surface area (Å²) in [4.78, 5) is 13.4. The molecule has 0 unspecified atom stereocenters. The van der Waals surface area contributed by atoms with E-state index in [-0.39, 0.29) is 19.2 Å². The highest BCUT2D eigenvalue weighted by atomic mass is 19.1. The van der Waals surface area contributed by atoms with Crippen LogP contribution in [0.15, 0.2) is 18.2 Å². The number of rotatable bonds is 2. The van der Waals surface area contributed by atoms with Gasteiger partial charge in [-0.15, -0.1) is 0 Å². The summed E-state index contributed by atoms with van der Waals surface area (Å²) in [6, 6.07) is 3.36. The van der Waals surface area contributed by atoms with E-state index in [2.05, 4.69) is 0 Å². The van der Waals surface area contributed by atoms with Gasteiger partial charge in [-0.1, -0.05) is 6.07 Å². The summed E-state index contributed by atoms with van der Waals surface area (Å²) in [6.07, 6.45) is -0.280. The maximum absolute atomic E-state index is 13.5. The Labute approximate surface area is 103 Å². The zero-order chi connectivity index (χ0) is 13.1. The van der Waals surface area contributed by atoms with Crippen LogP contribution in [0.4, 0.5) is 8.78 Å². The number of carbonyl (C=O) groups is 1. The Kier molecular flexibility index (Phi) is 3.88. The van der Waals surface area contributed by atoms with E-state index >= 15 is 0 Å². The molecule has 6 heteroatoms. The molecule has 0 saturated carbocycles. The topological polar surface area (TPSA) is 55.6 Å². The Bertz CT molecular complexity index is 433. The first-order valence-electron chi connectivity index (χ1n) is 5.68. The zero-order valence-electron chi connectivity index (χ0n) is 9.73. The Morgan fingerprint density at radius 1 is 1.44 bits per heavy atom. The fourth-order valence-corrected chi connectivity index (χ4v) is 1.91. The average molecular weight is 256 g/mol. The minimum Gasteiger partial charge on any atom is -0.373 e. The second kappa shape index (κ2) is 5.41. The van der Waals surface area contributed by atoms with Crippen LogP contribution < -0.4 is 5.73 Å². The van der Waals surface area contributed by atoms with Crippen molar-refractivity contribution in [2.24, 2.45) is 5.73 Å². The standard InChI is InChI=1S/C12H14F2N2O2/c13-9-2-1-3-10(14)11(9)12(17)16-4-5-18-8(6-15)7-16/h1-3,8H,4-7,15H2/t8-/m1/s1. The van der Waals surface area contributed by atoms with Gasteiger partial charge in [0.2, 0.25) is 0 Å². The van der Waals surface area contributed by atoms with Crippen molar-refractivity contribution >= 4 is 5.91 Å². The summed E-state index contributed by atoms with van der Waals surface area (Å²) in [7, 11) is 0. The molecule has 1 saturated heterocycles. The number of hydrogen-bond acceptors (Lipinski definition) is 3. The second-order valence-corrected chi connectivity index (χ2v) is 4.08. The minimum atomic E-state index is -0.851. The molecule has 2 rings (SSSR count). The van der Waals surface area contributed by atoms with Crippen LogP contribution in [0.5, 0.6) is 0 Å². The molecule has 0 spiro atoms. The lowest BCUT2D eigenvalue weighted by Crippen LogP contribution is -2.48. The number of nitrogens with two attached hydrogens (primary N) is 1. The molecular formula is C12H14F2N2O2. The Balaban J connectivity index is 2.20. The minimum absolute atomic E-state index is 0.253. The van der Waals surface area contributed by atoms with Gasteiger partial charge < -0.3 is 15.4 Å². The number of halogens is 2. The lowest BCUT2D eigenvalue weighted by Gasteiger charge is -2.32. The van der Waals surface area contributed by atoms with Gasteiger partial charge in [-0.25, -0.2) is 8.78 Å². The van der Waals surface area contributed by atoms with Gasteiger partial charge >= 0.3 is 0 Å². The van der Waals surface area contributed by atoms with Crippen LogP contribution >= 0.6 is 0 Å². The molecule has 0 radical (unpaired) electrons. The highest BCUT2D eigenvalue weighted by Gasteiger charge is 2.27. The molecule has 1 heterocycles. The number of nitrogens with zero attached hydrogens (tertiary/aromatic N) is 1. The Morgan fingerprint density at radius 3 is 2.72 bits per heavy atom. The van der Waals surface area contributed by atoms with Gasteiger partial charge in [0.25, 0.3) is 5.91 Å². The average Bonchev–Trinajstić information content (AvgIpc) is 2.38. The number of amides is 1. The van der Waals surface area contributed by atoms with Gasteiger partial charge in [0.1, 0.15) is 17.2 Å². The van der Waals surface area contributed by atoms with E-state index in [1.165, 1.54) is 11.0 Å². The SMILES string of the molecule is NC[C@@H]1CN(C(=O)c2c(F)cccc2F)CCO1. The van der Waals surface area contributed by atoms with Crippen LogP contribution in [0.1, 0.15) is 10.4 Å². The van der Waals surface area contributed by atoms with Crippen molar-refractivity contribution in [1.82, 2.24) is 4.90 Å². The molecule has 0 aliphatic carbocycles. The van der Waals surface area contributed by atoms with Crippen LogP contribution in [-0.2, 0) is 4.74 Å². The predicted octanol–water partition coefficient (Wildman–Crippen LogP) is 0.764. The van der Waals surface area contributed by atoms with E-state index in [1.54, 1.807) is 0 Å². The normalized spacial score (nSPS) is 19.9. The Hall–Kier alpha value is -1.53. The molecule has 0 bridgehead atoms. The van der Waals surface area contributed by atoms with E-state index in [4.69, 9.17) is 10.5 Å². The van der Waals surface area contributed by atoms with Gasteiger partial charge in [-0.2, -0.15) is 0 Å². The van der Waals surface area contributed by atoms with Crippen molar-refractivity contribution < 1.29 is 18.3 Å². The first kappa shape index (κ1) is 12.9. The molecule has 18 heavy (non-hydrogen) atoms. The van der Waals surface area contributed by atoms with Gasteiger partial charge in [0, 0.05) is 19.6 Å². The van der Waals surface area contributed by atoms with Crippen LogP contribution in [0, 0.1) is 11.6 Å². The number of benzene rings is 1. The van der Waals surface area contributed by atoms with E-state index in [1.807, 2.05) is 0 Å². The van der Waals surface area contributed by atoms with Crippen LogP contribution in [0.25, 0.3) is 0 Å². The summed E-state index contributed by atoms with van der Waals surface area (Å²) in [5, 5.41) is 0. The molecule has 1 aliphatic heterocycles. The van der Waals surface area contributed by atoms with E-state index in [0.717, 1.165) is 12.1 Å². The summed E-state index contributed by atoms with van der Waals surface area (Å²) < 4.78 is 32.3. The van der Waals surface area contributed by atoms with Crippen LogP contribution in [0.2, 0.25) is 0 Å². The molecular weight excluding hydrogens is 242 g/mol. The molecule has 1 aromatic rings. The smallest absolute Gasteiger partial charge is 0.259 e.